The maximum Gasteiger partial charge on any atom is 0.127 e. The highest BCUT2D eigenvalue weighted by Gasteiger charge is 2.31. The minimum atomic E-state index is 0.961. The Balaban J connectivity index is 1.45. The van der Waals surface area contributed by atoms with Crippen LogP contribution in [0.2, 0.25) is 0 Å². The molecule has 0 spiro atoms. The molecule has 2 fully saturated rings. The van der Waals surface area contributed by atoms with Gasteiger partial charge in [0.15, 0.2) is 0 Å². The van der Waals surface area contributed by atoms with E-state index in [2.05, 4.69) is 24.0 Å². The fourth-order valence-electron chi connectivity index (χ4n) is 3.94. The van der Waals surface area contributed by atoms with Gasteiger partial charge < -0.3 is 9.80 Å². The van der Waals surface area contributed by atoms with Crippen LogP contribution in [0, 0.1) is 5.92 Å². The highest BCUT2D eigenvalue weighted by atomic mass is 15.3. The molecule has 0 unspecified atom stereocenters. The summed E-state index contributed by atoms with van der Waals surface area (Å²) >= 11 is 0. The summed E-state index contributed by atoms with van der Waals surface area (Å²) in [5.41, 5.74) is 1.25. The molecular formula is C17H29N3+2. The van der Waals surface area contributed by atoms with Crippen molar-refractivity contribution in [2.75, 3.05) is 26.2 Å². The minimum absolute atomic E-state index is 0.961. The number of pyridine rings is 1. The van der Waals surface area contributed by atoms with E-state index in [0.717, 1.165) is 18.5 Å². The molecule has 2 aliphatic rings. The van der Waals surface area contributed by atoms with Crippen molar-refractivity contribution in [3.8, 4) is 0 Å². The van der Waals surface area contributed by atoms with Crippen LogP contribution in [0.4, 0.5) is 0 Å². The lowest BCUT2D eigenvalue weighted by atomic mass is 9.86. The number of nitrogens with one attached hydrogen (secondary N) is 2. The zero-order valence-corrected chi connectivity index (χ0v) is 12.8. The Labute approximate surface area is 123 Å². The number of piperazine rings is 1. The van der Waals surface area contributed by atoms with Crippen LogP contribution in [0.3, 0.4) is 0 Å². The van der Waals surface area contributed by atoms with Gasteiger partial charge in [0.2, 0.25) is 0 Å². The summed E-state index contributed by atoms with van der Waals surface area (Å²) in [5, 5.41) is 0. The second-order valence-corrected chi connectivity index (χ2v) is 6.86. The van der Waals surface area contributed by atoms with Crippen LogP contribution >= 0.6 is 0 Å². The molecule has 1 aliphatic carbocycles. The van der Waals surface area contributed by atoms with Crippen LogP contribution in [0.15, 0.2) is 24.4 Å². The highest BCUT2D eigenvalue weighted by molar-refractivity contribution is 5.01. The predicted molar refractivity (Wildman–Crippen MR) is 80.8 cm³/mol. The van der Waals surface area contributed by atoms with Gasteiger partial charge in [-0.1, -0.05) is 13.0 Å². The molecule has 3 nitrogen and oxygen atoms in total. The Bertz CT molecular complexity index is 390. The summed E-state index contributed by atoms with van der Waals surface area (Å²) in [5.74, 6) is 0.974. The summed E-state index contributed by atoms with van der Waals surface area (Å²) in [6.07, 6.45) is 7.76. The molecule has 1 saturated carbocycles. The molecule has 0 radical (unpaired) electrons. The van der Waals surface area contributed by atoms with Crippen LogP contribution in [0.25, 0.3) is 0 Å². The van der Waals surface area contributed by atoms with Crippen LogP contribution < -0.4 is 9.80 Å². The smallest absolute Gasteiger partial charge is 0.127 e. The molecule has 0 bridgehead atoms. The highest BCUT2D eigenvalue weighted by Crippen LogP contribution is 2.21. The van der Waals surface area contributed by atoms with Gasteiger partial charge in [0.1, 0.15) is 32.7 Å². The van der Waals surface area contributed by atoms with Crippen molar-refractivity contribution in [2.45, 2.75) is 45.2 Å². The largest absolute Gasteiger partial charge is 0.323 e. The van der Waals surface area contributed by atoms with Crippen molar-refractivity contribution in [1.29, 1.82) is 0 Å². The minimum Gasteiger partial charge on any atom is -0.323 e. The van der Waals surface area contributed by atoms with Crippen LogP contribution in [-0.2, 0) is 6.54 Å². The SMILES string of the molecule is CC1CCC([NH+]2CC[NH+](Cc3ccccn3)CC2)CC1. The number of rotatable bonds is 3. The normalized spacial score (nSPS) is 34.9. The summed E-state index contributed by atoms with van der Waals surface area (Å²) < 4.78 is 0. The quantitative estimate of drug-likeness (QED) is 0.793. The third-order valence-electron chi connectivity index (χ3n) is 5.35. The standard InChI is InChI=1S/C17H27N3/c1-15-5-7-17(8-6-15)20-12-10-19(11-13-20)14-16-4-2-3-9-18-16/h2-4,9,15,17H,5-8,10-14H2,1H3/p+2. The average molecular weight is 275 g/mol. The first kappa shape index (κ1) is 14.0. The molecule has 20 heavy (non-hydrogen) atoms. The van der Waals surface area contributed by atoms with Crippen molar-refractivity contribution < 1.29 is 9.80 Å². The van der Waals surface area contributed by atoms with Crippen molar-refractivity contribution in [2.24, 2.45) is 5.92 Å². The van der Waals surface area contributed by atoms with E-state index in [1.54, 1.807) is 4.90 Å². The lowest BCUT2D eigenvalue weighted by molar-refractivity contribution is -1.03. The molecule has 1 aromatic heterocycles. The predicted octanol–water partition coefficient (Wildman–Crippen LogP) is -0.0563. The Morgan fingerprint density at radius 1 is 1.05 bits per heavy atom. The van der Waals surface area contributed by atoms with Crippen molar-refractivity contribution in [3.05, 3.63) is 30.1 Å². The third-order valence-corrected chi connectivity index (χ3v) is 5.35. The van der Waals surface area contributed by atoms with Gasteiger partial charge in [-0.05, 0) is 43.7 Å². The number of hydrogen-bond donors (Lipinski definition) is 2. The van der Waals surface area contributed by atoms with E-state index in [0.29, 0.717) is 0 Å². The first-order chi connectivity index (χ1) is 9.81. The van der Waals surface area contributed by atoms with Gasteiger partial charge >= 0.3 is 0 Å². The number of quaternary nitrogens is 2. The zero-order chi connectivity index (χ0) is 13.8. The zero-order valence-electron chi connectivity index (χ0n) is 12.8. The van der Waals surface area contributed by atoms with Crippen LogP contribution in [0.1, 0.15) is 38.3 Å². The monoisotopic (exact) mass is 275 g/mol. The van der Waals surface area contributed by atoms with Crippen LogP contribution in [-0.4, -0.2) is 37.2 Å². The van der Waals surface area contributed by atoms with Crippen molar-refractivity contribution >= 4 is 0 Å². The summed E-state index contributed by atoms with van der Waals surface area (Å²) in [6, 6.07) is 7.23. The molecule has 3 heteroatoms. The molecule has 1 aromatic rings. The third kappa shape index (κ3) is 3.58. The Morgan fingerprint density at radius 3 is 2.45 bits per heavy atom. The van der Waals surface area contributed by atoms with Gasteiger partial charge in [-0.2, -0.15) is 0 Å². The van der Waals surface area contributed by atoms with Gasteiger partial charge in [-0.15, -0.1) is 0 Å². The molecule has 2 N–H and O–H groups in total. The molecule has 1 aliphatic heterocycles. The maximum atomic E-state index is 4.46. The van der Waals surface area contributed by atoms with Gasteiger partial charge in [0, 0.05) is 6.20 Å². The Kier molecular flexibility index (Phi) is 4.69. The molecule has 2 heterocycles. The first-order valence-corrected chi connectivity index (χ1v) is 8.39. The van der Waals surface area contributed by atoms with Crippen LogP contribution in [0.5, 0.6) is 0 Å². The second-order valence-electron chi connectivity index (χ2n) is 6.86. The van der Waals surface area contributed by atoms with E-state index >= 15 is 0 Å². The van der Waals surface area contributed by atoms with E-state index < -0.39 is 0 Å². The van der Waals surface area contributed by atoms with Gasteiger partial charge in [0.05, 0.1) is 11.7 Å². The lowest BCUT2D eigenvalue weighted by Crippen LogP contribution is -3.29. The number of aromatic nitrogens is 1. The lowest BCUT2D eigenvalue weighted by Gasteiger charge is -2.37. The molecule has 0 amide bonds. The molecule has 0 aromatic carbocycles. The van der Waals surface area contributed by atoms with Gasteiger partial charge in [-0.3, -0.25) is 4.98 Å². The maximum absolute atomic E-state index is 4.46. The fraction of sp³-hybridized carbons (Fsp3) is 0.706. The molecule has 3 rings (SSSR count). The Hall–Kier alpha value is -0.930. The van der Waals surface area contributed by atoms with Gasteiger partial charge in [0.25, 0.3) is 0 Å². The molecular weight excluding hydrogens is 246 g/mol. The summed E-state index contributed by atoms with van der Waals surface area (Å²) in [6.45, 7) is 8.88. The van der Waals surface area contributed by atoms with Crippen molar-refractivity contribution in [1.82, 2.24) is 4.98 Å². The topological polar surface area (TPSA) is 21.8 Å². The van der Waals surface area contributed by atoms with Gasteiger partial charge in [-0.25, -0.2) is 0 Å². The molecule has 1 saturated heterocycles. The first-order valence-electron chi connectivity index (χ1n) is 8.39. The van der Waals surface area contributed by atoms with E-state index in [9.17, 15) is 0 Å². The number of hydrogen-bond acceptors (Lipinski definition) is 1. The summed E-state index contributed by atoms with van der Waals surface area (Å²) in [7, 11) is 0. The average Bonchev–Trinajstić information content (AvgIpc) is 2.50. The summed E-state index contributed by atoms with van der Waals surface area (Å²) in [4.78, 5) is 8.07. The molecule has 110 valence electrons. The van der Waals surface area contributed by atoms with E-state index in [1.165, 1.54) is 57.6 Å². The fourth-order valence-corrected chi connectivity index (χ4v) is 3.94. The van der Waals surface area contributed by atoms with E-state index in [1.807, 2.05) is 17.2 Å². The number of nitrogens with zero attached hydrogens (tertiary/aromatic N) is 1. The van der Waals surface area contributed by atoms with E-state index in [-0.39, 0.29) is 0 Å². The van der Waals surface area contributed by atoms with Crippen molar-refractivity contribution in [3.63, 3.8) is 0 Å². The van der Waals surface area contributed by atoms with E-state index in [4.69, 9.17) is 0 Å². The molecule has 0 atom stereocenters. The Morgan fingerprint density at radius 2 is 1.80 bits per heavy atom. The second kappa shape index (κ2) is 6.68.